The van der Waals surface area contributed by atoms with Gasteiger partial charge in [-0.25, -0.2) is 4.85 Å². The number of anilines is 1. The number of pyridine rings is 1. The van der Waals surface area contributed by atoms with Crippen LogP contribution < -0.4 is 9.64 Å². The molecule has 0 radical (unpaired) electrons. The van der Waals surface area contributed by atoms with Crippen LogP contribution in [-0.2, 0) is 4.79 Å². The molecule has 7 heteroatoms. The normalized spacial score (nSPS) is 14.8. The summed E-state index contributed by atoms with van der Waals surface area (Å²) in [5, 5.41) is 0.502. The minimum absolute atomic E-state index is 0.0533. The SMILES string of the molecule is [C-]#[N+]c1ccc(N2C(=O)C(C)(C)N(CCCCOc3ccc(-c4cccnc4)cc3)C2=S)cc1C. The summed E-state index contributed by atoms with van der Waals surface area (Å²) in [5.74, 6) is 0.775. The van der Waals surface area contributed by atoms with E-state index in [1.807, 2.05) is 74.3 Å². The first-order chi connectivity index (χ1) is 16.8. The molecular weight excluding hydrogens is 456 g/mol. The van der Waals surface area contributed by atoms with E-state index < -0.39 is 5.54 Å². The van der Waals surface area contributed by atoms with Gasteiger partial charge in [0, 0.05) is 24.6 Å². The lowest BCUT2D eigenvalue weighted by Crippen LogP contribution is -2.44. The van der Waals surface area contributed by atoms with E-state index in [1.54, 1.807) is 23.2 Å². The largest absolute Gasteiger partial charge is 0.494 e. The van der Waals surface area contributed by atoms with Crippen LogP contribution in [0.3, 0.4) is 0 Å². The molecule has 178 valence electrons. The minimum Gasteiger partial charge on any atom is -0.494 e. The van der Waals surface area contributed by atoms with Crippen molar-refractivity contribution in [3.8, 4) is 16.9 Å². The summed E-state index contributed by atoms with van der Waals surface area (Å²) < 4.78 is 5.92. The number of amides is 1. The predicted octanol–water partition coefficient (Wildman–Crippen LogP) is 6.18. The van der Waals surface area contributed by atoms with Gasteiger partial charge in [-0.2, -0.15) is 0 Å². The van der Waals surface area contributed by atoms with Gasteiger partial charge in [0.2, 0.25) is 0 Å². The number of aryl methyl sites for hydroxylation is 1. The van der Waals surface area contributed by atoms with Crippen LogP contribution in [0.1, 0.15) is 32.3 Å². The average molecular weight is 485 g/mol. The molecule has 1 amide bonds. The van der Waals surface area contributed by atoms with Crippen LogP contribution in [0.2, 0.25) is 0 Å². The van der Waals surface area contributed by atoms with Crippen molar-refractivity contribution in [2.45, 2.75) is 39.2 Å². The fourth-order valence-corrected chi connectivity index (χ4v) is 4.69. The smallest absolute Gasteiger partial charge is 0.258 e. The first-order valence-electron chi connectivity index (χ1n) is 11.6. The molecule has 0 saturated carbocycles. The van der Waals surface area contributed by atoms with E-state index in [4.69, 9.17) is 23.5 Å². The zero-order chi connectivity index (χ0) is 25.0. The molecule has 1 aromatic heterocycles. The Morgan fingerprint density at radius 1 is 1.09 bits per heavy atom. The van der Waals surface area contributed by atoms with Crippen LogP contribution in [0.25, 0.3) is 16.0 Å². The molecule has 2 heterocycles. The second-order valence-corrected chi connectivity index (χ2v) is 9.40. The van der Waals surface area contributed by atoms with E-state index in [1.165, 1.54) is 0 Å². The molecule has 3 aromatic rings. The monoisotopic (exact) mass is 484 g/mol. The Morgan fingerprint density at radius 2 is 1.86 bits per heavy atom. The second-order valence-electron chi connectivity index (χ2n) is 9.04. The highest BCUT2D eigenvalue weighted by Gasteiger charge is 2.49. The van der Waals surface area contributed by atoms with Crippen molar-refractivity contribution in [3.63, 3.8) is 0 Å². The molecule has 0 atom stereocenters. The Hall–Kier alpha value is -3.76. The summed E-state index contributed by atoms with van der Waals surface area (Å²) in [6, 6.07) is 17.3. The summed E-state index contributed by atoms with van der Waals surface area (Å²) in [4.78, 5) is 24.5. The van der Waals surface area contributed by atoms with Crippen molar-refractivity contribution in [1.82, 2.24) is 9.88 Å². The van der Waals surface area contributed by atoms with Crippen molar-refractivity contribution >= 4 is 34.6 Å². The summed E-state index contributed by atoms with van der Waals surface area (Å²) >= 11 is 5.72. The molecule has 4 rings (SSSR count). The minimum atomic E-state index is -0.730. The molecule has 2 aromatic carbocycles. The summed E-state index contributed by atoms with van der Waals surface area (Å²) in [7, 11) is 0. The van der Waals surface area contributed by atoms with Gasteiger partial charge in [-0.05, 0) is 92.9 Å². The van der Waals surface area contributed by atoms with Crippen LogP contribution in [0, 0.1) is 13.5 Å². The summed E-state index contributed by atoms with van der Waals surface area (Å²) in [5.41, 5.74) is 3.56. The van der Waals surface area contributed by atoms with E-state index in [0.717, 1.165) is 35.3 Å². The topological polar surface area (TPSA) is 50.0 Å². The number of unbranched alkanes of at least 4 members (excludes halogenated alkanes) is 1. The Balaban J connectivity index is 1.31. The first kappa shape index (κ1) is 24.4. The third kappa shape index (κ3) is 5.03. The standard InChI is InChI=1S/C28H28N4O2S/c1-20-18-23(11-14-25(20)29-4)32-26(33)28(2,3)31(27(32)35)16-5-6-17-34-24-12-9-21(10-13-24)22-8-7-15-30-19-22/h7-15,18-19H,5-6,16-17H2,1-3H3. The van der Waals surface area contributed by atoms with Crippen LogP contribution in [0.5, 0.6) is 5.75 Å². The number of benzene rings is 2. The van der Waals surface area contributed by atoms with Crippen molar-refractivity contribution in [2.75, 3.05) is 18.1 Å². The summed E-state index contributed by atoms with van der Waals surface area (Å²) in [6.07, 6.45) is 5.29. The second kappa shape index (κ2) is 10.2. The first-order valence-corrected chi connectivity index (χ1v) is 12.0. The van der Waals surface area contributed by atoms with Crippen LogP contribution >= 0.6 is 12.2 Å². The molecule has 0 unspecified atom stereocenters. The van der Waals surface area contributed by atoms with E-state index >= 15 is 0 Å². The number of hydrogen-bond donors (Lipinski definition) is 0. The molecule has 0 N–H and O–H groups in total. The molecule has 1 fully saturated rings. The maximum atomic E-state index is 13.2. The number of nitrogens with zero attached hydrogens (tertiary/aromatic N) is 4. The number of carbonyl (C=O) groups excluding carboxylic acids is 1. The lowest BCUT2D eigenvalue weighted by atomic mass is 10.0. The Labute approximate surface area is 212 Å². The maximum absolute atomic E-state index is 13.2. The van der Waals surface area contributed by atoms with Crippen molar-refractivity contribution in [2.24, 2.45) is 0 Å². The third-order valence-electron chi connectivity index (χ3n) is 6.28. The Morgan fingerprint density at radius 3 is 2.51 bits per heavy atom. The lowest BCUT2D eigenvalue weighted by Gasteiger charge is -2.29. The molecule has 35 heavy (non-hydrogen) atoms. The number of thiocarbonyl (C=S) groups is 1. The fourth-order valence-electron chi connectivity index (χ4n) is 4.18. The molecule has 0 bridgehead atoms. The molecular formula is C28H28N4O2S. The number of carbonyl (C=O) groups is 1. The quantitative estimate of drug-likeness (QED) is 0.217. The highest BCUT2D eigenvalue weighted by atomic mass is 32.1. The zero-order valence-corrected chi connectivity index (χ0v) is 21.0. The lowest BCUT2D eigenvalue weighted by molar-refractivity contribution is -0.123. The van der Waals surface area contributed by atoms with Crippen LogP contribution in [0.15, 0.2) is 67.0 Å². The molecule has 1 aliphatic heterocycles. The van der Waals surface area contributed by atoms with E-state index in [2.05, 4.69) is 9.83 Å². The molecule has 1 saturated heterocycles. The van der Waals surface area contributed by atoms with Gasteiger partial charge in [-0.15, -0.1) is 0 Å². The summed E-state index contributed by atoms with van der Waals surface area (Å²) in [6.45, 7) is 14.2. The van der Waals surface area contributed by atoms with Gasteiger partial charge in [0.05, 0.1) is 13.2 Å². The van der Waals surface area contributed by atoms with Gasteiger partial charge < -0.3 is 9.64 Å². The average Bonchev–Trinajstić information content (AvgIpc) is 3.03. The number of rotatable bonds is 8. The molecule has 0 aliphatic carbocycles. The van der Waals surface area contributed by atoms with E-state index in [-0.39, 0.29) is 5.91 Å². The van der Waals surface area contributed by atoms with Gasteiger partial charge in [0.15, 0.2) is 10.8 Å². The zero-order valence-electron chi connectivity index (χ0n) is 20.2. The highest BCUT2D eigenvalue weighted by Crippen LogP contribution is 2.34. The van der Waals surface area contributed by atoms with Gasteiger partial charge in [-0.1, -0.05) is 24.3 Å². The molecule has 6 nitrogen and oxygen atoms in total. The van der Waals surface area contributed by atoms with Gasteiger partial charge in [0.1, 0.15) is 11.3 Å². The number of aromatic nitrogens is 1. The van der Waals surface area contributed by atoms with Crippen molar-refractivity contribution < 1.29 is 9.53 Å². The Kier molecular flexibility index (Phi) is 7.13. The van der Waals surface area contributed by atoms with E-state index in [9.17, 15) is 4.79 Å². The molecule has 0 spiro atoms. The highest BCUT2D eigenvalue weighted by molar-refractivity contribution is 7.80. The van der Waals surface area contributed by atoms with Crippen molar-refractivity contribution in [1.29, 1.82) is 0 Å². The van der Waals surface area contributed by atoms with Gasteiger partial charge >= 0.3 is 0 Å². The maximum Gasteiger partial charge on any atom is 0.258 e. The fraction of sp³-hybridized carbons (Fsp3) is 0.286. The third-order valence-corrected chi connectivity index (χ3v) is 6.68. The van der Waals surface area contributed by atoms with Crippen LogP contribution in [-0.4, -0.2) is 39.6 Å². The number of hydrogen-bond acceptors (Lipinski definition) is 4. The number of ether oxygens (including phenoxy) is 1. The van der Waals surface area contributed by atoms with Gasteiger partial charge in [-0.3, -0.25) is 14.7 Å². The van der Waals surface area contributed by atoms with E-state index in [0.29, 0.717) is 29.6 Å². The Bertz CT molecular complexity index is 1270. The van der Waals surface area contributed by atoms with Gasteiger partial charge in [0.25, 0.3) is 5.91 Å². The predicted molar refractivity (Wildman–Crippen MR) is 143 cm³/mol. The van der Waals surface area contributed by atoms with Crippen molar-refractivity contribution in [3.05, 3.63) is 84.0 Å². The van der Waals surface area contributed by atoms with Crippen LogP contribution in [0.4, 0.5) is 11.4 Å². The molecule has 1 aliphatic rings.